The van der Waals surface area contributed by atoms with Gasteiger partial charge in [-0.15, -0.1) is 0 Å². The van der Waals surface area contributed by atoms with Crippen LogP contribution in [0.3, 0.4) is 0 Å². The van der Waals surface area contributed by atoms with E-state index in [2.05, 4.69) is 4.74 Å². The maximum Gasteiger partial charge on any atom is 0.308 e. The number of carbonyl (C=O) groups is 2. The van der Waals surface area contributed by atoms with E-state index < -0.39 is 42.5 Å². The van der Waals surface area contributed by atoms with Crippen LogP contribution in [0, 0.1) is 0 Å². The fraction of sp³-hybridized carbons (Fsp3) is 0.529. The van der Waals surface area contributed by atoms with Gasteiger partial charge in [-0.2, -0.15) is 0 Å². The molecule has 1 saturated heterocycles. The quantitative estimate of drug-likeness (QED) is 0.615. The van der Waals surface area contributed by atoms with Crippen LogP contribution in [0.4, 0.5) is 0 Å². The van der Waals surface area contributed by atoms with Gasteiger partial charge in [-0.05, 0) is 17.7 Å². The minimum absolute atomic E-state index is 0.179. The van der Waals surface area contributed by atoms with Gasteiger partial charge in [-0.1, -0.05) is 6.07 Å². The summed E-state index contributed by atoms with van der Waals surface area (Å²) >= 11 is 0. The third-order valence-electron chi connectivity index (χ3n) is 4.11. The third-order valence-corrected chi connectivity index (χ3v) is 4.11. The minimum Gasteiger partial charge on any atom is -0.504 e. The molecule has 0 radical (unpaired) electrons. The number of phenols is 1. The largest absolute Gasteiger partial charge is 0.504 e. The number of methoxy groups -OCH3 is 2. The van der Waals surface area contributed by atoms with Gasteiger partial charge in [0.15, 0.2) is 17.6 Å². The second-order valence-corrected chi connectivity index (χ2v) is 5.86. The first-order valence-electron chi connectivity index (χ1n) is 7.91. The summed E-state index contributed by atoms with van der Waals surface area (Å²) in [6.45, 7) is 1.14. The number of esters is 2. The number of rotatable bonds is 5. The highest BCUT2D eigenvalue weighted by atomic mass is 16.6. The molecule has 1 aromatic carbocycles. The van der Waals surface area contributed by atoms with Gasteiger partial charge in [0.2, 0.25) is 0 Å². The highest BCUT2D eigenvalue weighted by Gasteiger charge is 2.47. The molecule has 0 unspecified atom stereocenters. The van der Waals surface area contributed by atoms with Crippen molar-refractivity contribution in [3.05, 3.63) is 23.8 Å². The van der Waals surface area contributed by atoms with Gasteiger partial charge in [-0.25, -0.2) is 0 Å². The molecule has 1 aromatic rings. The molecule has 2 rings (SSSR count). The SMILES string of the molecule is COC(=O)C[C@H]1O[C@H](c2ccc(OC)c(O)c2)[C@@H](O)[C@@H](O)[C@H]1OC(C)=O. The summed E-state index contributed by atoms with van der Waals surface area (Å²) in [5.41, 5.74) is 0.353. The lowest BCUT2D eigenvalue weighted by Gasteiger charge is -2.42. The molecule has 144 valence electrons. The summed E-state index contributed by atoms with van der Waals surface area (Å²) in [7, 11) is 2.58. The van der Waals surface area contributed by atoms with Crippen LogP contribution < -0.4 is 4.74 Å². The molecule has 0 saturated carbocycles. The monoisotopic (exact) mass is 370 g/mol. The van der Waals surface area contributed by atoms with Crippen molar-refractivity contribution in [1.29, 1.82) is 0 Å². The predicted octanol–water partition coefficient (Wildman–Crippen LogP) is 0.0573. The third kappa shape index (κ3) is 4.24. The van der Waals surface area contributed by atoms with Crippen LogP contribution in [0.25, 0.3) is 0 Å². The molecule has 0 spiro atoms. The number of carbonyl (C=O) groups excluding carboxylic acids is 2. The van der Waals surface area contributed by atoms with Gasteiger partial charge in [-0.3, -0.25) is 9.59 Å². The number of aromatic hydroxyl groups is 1. The van der Waals surface area contributed by atoms with Gasteiger partial charge < -0.3 is 34.3 Å². The van der Waals surface area contributed by atoms with Crippen LogP contribution in [0.1, 0.15) is 25.0 Å². The first-order chi connectivity index (χ1) is 12.3. The minimum atomic E-state index is -1.50. The number of phenolic OH excluding ortho intramolecular Hbond substituents is 1. The first-order valence-corrected chi connectivity index (χ1v) is 7.91. The number of hydrogen-bond acceptors (Lipinski definition) is 9. The van der Waals surface area contributed by atoms with Crippen molar-refractivity contribution in [3.8, 4) is 11.5 Å². The van der Waals surface area contributed by atoms with E-state index in [-0.39, 0.29) is 17.9 Å². The van der Waals surface area contributed by atoms with Crippen LogP contribution >= 0.6 is 0 Å². The van der Waals surface area contributed by atoms with E-state index in [1.165, 1.54) is 26.4 Å². The van der Waals surface area contributed by atoms with E-state index in [4.69, 9.17) is 14.2 Å². The van der Waals surface area contributed by atoms with Crippen molar-refractivity contribution in [2.75, 3.05) is 14.2 Å². The molecule has 1 aliphatic rings. The highest BCUT2D eigenvalue weighted by Crippen LogP contribution is 2.38. The zero-order valence-electron chi connectivity index (χ0n) is 14.6. The lowest BCUT2D eigenvalue weighted by Crippen LogP contribution is -2.56. The molecule has 1 fully saturated rings. The van der Waals surface area contributed by atoms with Crippen molar-refractivity contribution in [3.63, 3.8) is 0 Å². The topological polar surface area (TPSA) is 132 Å². The summed E-state index contributed by atoms with van der Waals surface area (Å²) in [6.07, 6.45) is -6.61. The molecule has 9 heteroatoms. The standard InChI is InChI=1S/C17H22O9/c1-8(18)25-17-12(7-13(20)24-3)26-16(14(21)15(17)22)9-4-5-11(23-2)10(19)6-9/h4-6,12,14-17,19,21-22H,7H2,1-3H3/t12-,14+,15-,16-,17+/m1/s1. The van der Waals surface area contributed by atoms with Gasteiger partial charge in [0.05, 0.1) is 20.6 Å². The molecule has 0 aromatic heterocycles. The lowest BCUT2D eigenvalue weighted by atomic mass is 9.89. The molecule has 0 bridgehead atoms. The molecular weight excluding hydrogens is 348 g/mol. The summed E-state index contributed by atoms with van der Waals surface area (Å²) < 4.78 is 20.3. The molecule has 0 amide bonds. The second-order valence-electron chi connectivity index (χ2n) is 5.86. The van der Waals surface area contributed by atoms with E-state index in [0.29, 0.717) is 5.56 Å². The molecule has 9 nitrogen and oxygen atoms in total. The summed E-state index contributed by atoms with van der Waals surface area (Å²) in [6, 6.07) is 4.34. The zero-order chi connectivity index (χ0) is 19.4. The zero-order valence-corrected chi connectivity index (χ0v) is 14.6. The Kier molecular flexibility index (Phi) is 6.41. The van der Waals surface area contributed by atoms with Crippen LogP contribution in [0.15, 0.2) is 18.2 Å². The maximum absolute atomic E-state index is 11.6. The molecular formula is C17H22O9. The Bertz CT molecular complexity index is 660. The summed E-state index contributed by atoms with van der Waals surface area (Å²) in [5, 5.41) is 30.7. The Balaban J connectivity index is 2.32. The Morgan fingerprint density at radius 1 is 1.19 bits per heavy atom. The molecule has 3 N–H and O–H groups in total. The van der Waals surface area contributed by atoms with E-state index in [0.717, 1.165) is 6.92 Å². The number of hydrogen-bond donors (Lipinski definition) is 3. The summed E-state index contributed by atoms with van der Waals surface area (Å²) in [5.74, 6) is -1.28. The van der Waals surface area contributed by atoms with Crippen molar-refractivity contribution >= 4 is 11.9 Å². The second kappa shape index (κ2) is 8.35. The van der Waals surface area contributed by atoms with Gasteiger partial charge in [0.25, 0.3) is 0 Å². The Labute approximate surface area is 150 Å². The highest BCUT2D eigenvalue weighted by molar-refractivity contribution is 5.70. The average Bonchev–Trinajstić information content (AvgIpc) is 2.60. The van der Waals surface area contributed by atoms with E-state index >= 15 is 0 Å². The van der Waals surface area contributed by atoms with E-state index in [9.17, 15) is 24.9 Å². The molecule has 0 aliphatic carbocycles. The molecule has 26 heavy (non-hydrogen) atoms. The molecule has 1 aliphatic heterocycles. The number of aliphatic hydroxyl groups is 2. The Hall–Kier alpha value is -2.36. The summed E-state index contributed by atoms with van der Waals surface area (Å²) in [4.78, 5) is 22.9. The predicted molar refractivity (Wildman–Crippen MR) is 86.5 cm³/mol. The number of aliphatic hydroxyl groups excluding tert-OH is 2. The van der Waals surface area contributed by atoms with Crippen molar-refractivity contribution < 1.29 is 43.9 Å². The van der Waals surface area contributed by atoms with Crippen LogP contribution in [-0.2, 0) is 23.8 Å². The van der Waals surface area contributed by atoms with Crippen molar-refractivity contribution in [2.24, 2.45) is 0 Å². The average molecular weight is 370 g/mol. The maximum atomic E-state index is 11.6. The van der Waals surface area contributed by atoms with Crippen LogP contribution in [0.5, 0.6) is 11.5 Å². The number of ether oxygens (including phenoxy) is 4. The fourth-order valence-electron chi connectivity index (χ4n) is 2.85. The van der Waals surface area contributed by atoms with Crippen LogP contribution in [0.2, 0.25) is 0 Å². The van der Waals surface area contributed by atoms with Crippen molar-refractivity contribution in [1.82, 2.24) is 0 Å². The smallest absolute Gasteiger partial charge is 0.308 e. The Morgan fingerprint density at radius 2 is 1.88 bits per heavy atom. The first kappa shape index (κ1) is 20.0. The van der Waals surface area contributed by atoms with E-state index in [1.54, 1.807) is 6.07 Å². The number of benzene rings is 1. The molecule has 1 heterocycles. The van der Waals surface area contributed by atoms with Crippen LogP contribution in [-0.4, -0.2) is 65.9 Å². The van der Waals surface area contributed by atoms with E-state index in [1.807, 2.05) is 0 Å². The Morgan fingerprint density at radius 3 is 2.42 bits per heavy atom. The van der Waals surface area contributed by atoms with Gasteiger partial charge in [0.1, 0.15) is 24.4 Å². The lowest BCUT2D eigenvalue weighted by molar-refractivity contribution is -0.236. The van der Waals surface area contributed by atoms with Gasteiger partial charge in [0, 0.05) is 6.92 Å². The molecule has 5 atom stereocenters. The normalized spacial score (nSPS) is 28.3. The fourth-order valence-corrected chi connectivity index (χ4v) is 2.85. The van der Waals surface area contributed by atoms with Gasteiger partial charge >= 0.3 is 11.9 Å². The van der Waals surface area contributed by atoms with Crippen molar-refractivity contribution in [2.45, 2.75) is 43.9 Å².